The highest BCUT2D eigenvalue weighted by Gasteiger charge is 2.30. The summed E-state index contributed by atoms with van der Waals surface area (Å²) in [5.74, 6) is 0.756. The molecule has 0 radical (unpaired) electrons. The number of anilines is 1. The third kappa shape index (κ3) is 1.26. The van der Waals surface area contributed by atoms with Crippen molar-refractivity contribution in [2.24, 2.45) is 0 Å². The van der Waals surface area contributed by atoms with E-state index in [1.807, 2.05) is 10.8 Å². The second-order valence-corrected chi connectivity index (χ2v) is 4.80. The smallest absolute Gasteiger partial charge is 0.146 e. The van der Waals surface area contributed by atoms with E-state index in [2.05, 4.69) is 25.9 Å². The highest BCUT2D eigenvalue weighted by atomic mass is 79.9. The van der Waals surface area contributed by atoms with Gasteiger partial charge in [-0.05, 0) is 15.9 Å². The van der Waals surface area contributed by atoms with Gasteiger partial charge in [0.05, 0.1) is 5.39 Å². The molecule has 16 heavy (non-hydrogen) atoms. The van der Waals surface area contributed by atoms with Crippen molar-refractivity contribution in [1.29, 1.82) is 0 Å². The fraction of sp³-hybridized carbons (Fsp3) is 0.300. The van der Waals surface area contributed by atoms with E-state index in [0.29, 0.717) is 24.4 Å². The zero-order chi connectivity index (χ0) is 11.3. The molecule has 0 aliphatic heterocycles. The topological polar surface area (TPSA) is 73.8 Å². The van der Waals surface area contributed by atoms with E-state index in [1.54, 1.807) is 0 Å². The lowest BCUT2D eigenvalue weighted by molar-refractivity contribution is -0.126. The van der Waals surface area contributed by atoms with Crippen LogP contribution in [-0.2, 0) is 4.79 Å². The number of hydrogen-bond acceptors (Lipinski definition) is 4. The molecule has 82 valence electrons. The summed E-state index contributed by atoms with van der Waals surface area (Å²) in [5, 5.41) is 0.821. The number of halogens is 1. The monoisotopic (exact) mass is 280 g/mol. The molecule has 5 nitrogen and oxygen atoms in total. The summed E-state index contributed by atoms with van der Waals surface area (Å²) >= 11 is 3.44. The van der Waals surface area contributed by atoms with Crippen molar-refractivity contribution in [3.63, 3.8) is 0 Å². The number of fused-ring (bicyclic) bond motifs is 1. The van der Waals surface area contributed by atoms with Gasteiger partial charge in [-0.15, -0.1) is 0 Å². The number of rotatable bonds is 1. The number of ketones is 1. The first-order valence-corrected chi connectivity index (χ1v) is 5.74. The summed E-state index contributed by atoms with van der Waals surface area (Å²) in [5.41, 5.74) is 6.58. The predicted octanol–water partition coefficient (Wildman–Crippen LogP) is 1.68. The molecule has 2 heterocycles. The molecule has 0 spiro atoms. The summed E-state index contributed by atoms with van der Waals surface area (Å²) in [6.45, 7) is 0. The lowest BCUT2D eigenvalue weighted by Gasteiger charge is -2.26. The van der Waals surface area contributed by atoms with Gasteiger partial charge in [-0.3, -0.25) is 4.79 Å². The average molecular weight is 281 g/mol. The van der Waals surface area contributed by atoms with E-state index in [4.69, 9.17) is 5.73 Å². The van der Waals surface area contributed by atoms with Crippen molar-refractivity contribution < 1.29 is 4.79 Å². The Balaban J connectivity index is 2.19. The second kappa shape index (κ2) is 3.28. The van der Waals surface area contributed by atoms with Crippen LogP contribution < -0.4 is 5.73 Å². The number of nitrogens with two attached hydrogens (primary N) is 1. The number of nitrogens with zero attached hydrogens (tertiary/aromatic N) is 3. The van der Waals surface area contributed by atoms with E-state index >= 15 is 0 Å². The van der Waals surface area contributed by atoms with Crippen molar-refractivity contribution in [2.45, 2.75) is 18.9 Å². The molecule has 0 saturated heterocycles. The van der Waals surface area contributed by atoms with Crippen LogP contribution in [0.15, 0.2) is 17.0 Å². The maximum atomic E-state index is 11.0. The zero-order valence-electron chi connectivity index (χ0n) is 8.35. The van der Waals surface area contributed by atoms with Crippen molar-refractivity contribution in [3.05, 3.63) is 17.0 Å². The molecule has 3 rings (SSSR count). The van der Waals surface area contributed by atoms with E-state index < -0.39 is 0 Å². The Bertz CT molecular complexity index is 584. The first-order chi connectivity index (χ1) is 7.66. The Morgan fingerprint density at radius 2 is 2.19 bits per heavy atom. The van der Waals surface area contributed by atoms with Gasteiger partial charge in [-0.2, -0.15) is 0 Å². The summed E-state index contributed by atoms with van der Waals surface area (Å²) in [6.07, 6.45) is 4.54. The summed E-state index contributed by atoms with van der Waals surface area (Å²) in [4.78, 5) is 19.2. The van der Waals surface area contributed by atoms with Gasteiger partial charge in [0, 0.05) is 29.6 Å². The average Bonchev–Trinajstić information content (AvgIpc) is 2.53. The van der Waals surface area contributed by atoms with Crippen LogP contribution in [-0.4, -0.2) is 20.3 Å². The Hall–Kier alpha value is -1.43. The molecular formula is C10H9BrN4O. The number of Topliss-reactive ketones (excluding diaryl/α,β-unsaturated/α-hetero) is 1. The third-order valence-corrected chi connectivity index (χ3v) is 3.51. The van der Waals surface area contributed by atoms with Gasteiger partial charge >= 0.3 is 0 Å². The maximum absolute atomic E-state index is 11.0. The van der Waals surface area contributed by atoms with Gasteiger partial charge in [0.15, 0.2) is 0 Å². The molecule has 6 heteroatoms. The minimum absolute atomic E-state index is 0.218. The van der Waals surface area contributed by atoms with Crippen LogP contribution >= 0.6 is 15.9 Å². The molecule has 0 bridgehead atoms. The molecule has 0 atom stereocenters. The van der Waals surface area contributed by atoms with E-state index in [0.717, 1.165) is 15.5 Å². The van der Waals surface area contributed by atoms with E-state index in [9.17, 15) is 4.79 Å². The molecule has 1 saturated carbocycles. The molecule has 2 N–H and O–H groups in total. The minimum Gasteiger partial charge on any atom is -0.383 e. The second-order valence-electron chi connectivity index (χ2n) is 3.94. The van der Waals surface area contributed by atoms with Crippen LogP contribution in [0.1, 0.15) is 18.9 Å². The van der Waals surface area contributed by atoms with Crippen LogP contribution in [0.25, 0.3) is 11.0 Å². The summed E-state index contributed by atoms with van der Waals surface area (Å²) < 4.78 is 2.87. The standard InChI is InChI=1S/C10H9BrN4O/c11-7-3-15(5-1-6(16)2-5)10-8(7)9(12)13-4-14-10/h3-5H,1-2H2,(H2,12,13,14). The number of hydrogen-bond donors (Lipinski definition) is 1. The molecule has 2 aromatic rings. The largest absolute Gasteiger partial charge is 0.383 e. The normalized spacial score (nSPS) is 16.7. The Labute approximate surface area is 99.8 Å². The number of aromatic nitrogens is 3. The van der Waals surface area contributed by atoms with Gasteiger partial charge in [0.25, 0.3) is 0 Å². The van der Waals surface area contributed by atoms with Crippen LogP contribution in [0.5, 0.6) is 0 Å². The van der Waals surface area contributed by atoms with Gasteiger partial charge in [0.1, 0.15) is 23.6 Å². The van der Waals surface area contributed by atoms with Crippen LogP contribution in [0.3, 0.4) is 0 Å². The van der Waals surface area contributed by atoms with E-state index in [1.165, 1.54) is 6.33 Å². The van der Waals surface area contributed by atoms with Crippen molar-refractivity contribution in [1.82, 2.24) is 14.5 Å². The van der Waals surface area contributed by atoms with Crippen molar-refractivity contribution >= 4 is 38.6 Å². The molecule has 0 aromatic carbocycles. The molecule has 1 aliphatic rings. The molecular weight excluding hydrogens is 272 g/mol. The molecule has 0 unspecified atom stereocenters. The van der Waals surface area contributed by atoms with E-state index in [-0.39, 0.29) is 6.04 Å². The molecule has 0 amide bonds. The van der Waals surface area contributed by atoms with Gasteiger partial charge in [0.2, 0.25) is 0 Å². The number of nitrogen functional groups attached to an aromatic ring is 1. The number of carbonyl (C=O) groups is 1. The van der Waals surface area contributed by atoms with Gasteiger partial charge in [-0.1, -0.05) is 0 Å². The van der Waals surface area contributed by atoms with Crippen LogP contribution in [0.2, 0.25) is 0 Å². The third-order valence-electron chi connectivity index (χ3n) is 2.91. The van der Waals surface area contributed by atoms with Crippen molar-refractivity contribution in [3.8, 4) is 0 Å². The highest BCUT2D eigenvalue weighted by Crippen LogP contribution is 2.36. The van der Waals surface area contributed by atoms with Gasteiger partial charge < -0.3 is 10.3 Å². The van der Waals surface area contributed by atoms with Crippen LogP contribution in [0, 0.1) is 0 Å². The Morgan fingerprint density at radius 3 is 2.88 bits per heavy atom. The predicted molar refractivity (Wildman–Crippen MR) is 62.9 cm³/mol. The fourth-order valence-electron chi connectivity index (χ4n) is 2.00. The lowest BCUT2D eigenvalue weighted by atomic mass is 9.91. The fourth-order valence-corrected chi connectivity index (χ4v) is 2.60. The Morgan fingerprint density at radius 1 is 1.44 bits per heavy atom. The quantitative estimate of drug-likeness (QED) is 0.863. The summed E-state index contributed by atoms with van der Waals surface area (Å²) in [6, 6.07) is 0.218. The SMILES string of the molecule is Nc1ncnc2c1c(Br)cn2C1CC(=O)C1. The number of carbonyl (C=O) groups excluding carboxylic acids is 1. The molecule has 2 aromatic heterocycles. The zero-order valence-corrected chi connectivity index (χ0v) is 9.94. The van der Waals surface area contributed by atoms with Crippen LogP contribution in [0.4, 0.5) is 5.82 Å². The van der Waals surface area contributed by atoms with Crippen molar-refractivity contribution in [2.75, 3.05) is 5.73 Å². The lowest BCUT2D eigenvalue weighted by Crippen LogP contribution is -2.26. The molecule has 1 aliphatic carbocycles. The van der Waals surface area contributed by atoms with Gasteiger partial charge in [-0.25, -0.2) is 9.97 Å². The summed E-state index contributed by atoms with van der Waals surface area (Å²) in [7, 11) is 0. The highest BCUT2D eigenvalue weighted by molar-refractivity contribution is 9.10. The first kappa shape index (κ1) is 9.77. The molecule has 1 fully saturated rings. The Kier molecular flexibility index (Phi) is 2.00. The maximum Gasteiger partial charge on any atom is 0.146 e. The minimum atomic E-state index is 0.218. The first-order valence-electron chi connectivity index (χ1n) is 4.95.